The third-order valence-electron chi connectivity index (χ3n) is 5.91. The number of aromatic amines is 1. The van der Waals surface area contributed by atoms with Crippen LogP contribution in [0.5, 0.6) is 0 Å². The van der Waals surface area contributed by atoms with Crippen molar-refractivity contribution < 1.29 is 9.59 Å². The standard InChI is InChI=1S/C22H32N4O2/c1-5-25(6-2)21(27)15-24-10-7-11-26(13-12-24)22(28)18-8-9-20-19(14-18)16(3)17(4)23-20/h8-9,14,23H,5-7,10-13,15H2,1-4H3. The maximum absolute atomic E-state index is 13.1. The molecule has 0 atom stereocenters. The van der Waals surface area contributed by atoms with Crippen molar-refractivity contribution in [3.05, 3.63) is 35.0 Å². The minimum Gasteiger partial charge on any atom is -0.358 e. The van der Waals surface area contributed by atoms with Crippen LogP contribution in [-0.2, 0) is 4.79 Å². The third kappa shape index (κ3) is 4.22. The normalized spacial score (nSPS) is 15.6. The fourth-order valence-corrected chi connectivity index (χ4v) is 3.98. The van der Waals surface area contributed by atoms with Gasteiger partial charge in [-0.1, -0.05) is 0 Å². The van der Waals surface area contributed by atoms with Crippen LogP contribution in [0.1, 0.15) is 41.9 Å². The van der Waals surface area contributed by atoms with Gasteiger partial charge in [-0.25, -0.2) is 0 Å². The number of aryl methyl sites for hydroxylation is 2. The fourth-order valence-electron chi connectivity index (χ4n) is 3.98. The number of carbonyl (C=O) groups is 2. The number of likely N-dealkylation sites (N-methyl/N-ethyl adjacent to an activating group) is 1. The van der Waals surface area contributed by atoms with Crippen LogP contribution in [0.25, 0.3) is 10.9 Å². The van der Waals surface area contributed by atoms with Crippen molar-refractivity contribution in [1.29, 1.82) is 0 Å². The number of nitrogens with one attached hydrogen (secondary N) is 1. The summed E-state index contributed by atoms with van der Waals surface area (Å²) in [5.41, 5.74) is 4.15. The largest absolute Gasteiger partial charge is 0.358 e. The average molecular weight is 385 g/mol. The Morgan fingerprint density at radius 2 is 1.82 bits per heavy atom. The predicted molar refractivity (Wildman–Crippen MR) is 113 cm³/mol. The van der Waals surface area contributed by atoms with Crippen LogP contribution in [0.4, 0.5) is 0 Å². The van der Waals surface area contributed by atoms with Crippen LogP contribution >= 0.6 is 0 Å². The quantitative estimate of drug-likeness (QED) is 0.862. The maximum Gasteiger partial charge on any atom is 0.253 e. The smallest absolute Gasteiger partial charge is 0.253 e. The molecule has 0 saturated carbocycles. The van der Waals surface area contributed by atoms with E-state index in [1.165, 1.54) is 5.56 Å². The van der Waals surface area contributed by atoms with E-state index in [0.29, 0.717) is 13.1 Å². The molecule has 6 nitrogen and oxygen atoms in total. The molecule has 3 rings (SSSR count). The monoisotopic (exact) mass is 384 g/mol. The van der Waals surface area contributed by atoms with E-state index < -0.39 is 0 Å². The molecule has 28 heavy (non-hydrogen) atoms. The molecule has 0 unspecified atom stereocenters. The van der Waals surface area contributed by atoms with Crippen LogP contribution in [0.15, 0.2) is 18.2 Å². The Balaban J connectivity index is 1.66. The first-order valence-electron chi connectivity index (χ1n) is 10.3. The van der Waals surface area contributed by atoms with Crippen molar-refractivity contribution in [1.82, 2.24) is 19.7 Å². The molecular weight excluding hydrogens is 352 g/mol. The first-order valence-corrected chi connectivity index (χ1v) is 10.3. The molecule has 152 valence electrons. The molecular formula is C22H32N4O2. The van der Waals surface area contributed by atoms with E-state index >= 15 is 0 Å². The first-order chi connectivity index (χ1) is 13.4. The summed E-state index contributed by atoms with van der Waals surface area (Å²) in [5, 5.41) is 1.12. The van der Waals surface area contributed by atoms with E-state index in [-0.39, 0.29) is 11.8 Å². The van der Waals surface area contributed by atoms with Gasteiger partial charge in [-0.05, 0) is 57.9 Å². The second-order valence-corrected chi connectivity index (χ2v) is 7.62. The fraction of sp³-hybridized carbons (Fsp3) is 0.545. The Morgan fingerprint density at radius 3 is 2.54 bits per heavy atom. The average Bonchev–Trinajstić information content (AvgIpc) is 2.85. The Morgan fingerprint density at radius 1 is 1.07 bits per heavy atom. The van der Waals surface area contributed by atoms with Crippen LogP contribution in [0.2, 0.25) is 0 Å². The molecule has 1 aromatic heterocycles. The van der Waals surface area contributed by atoms with E-state index in [1.807, 2.05) is 41.8 Å². The molecule has 2 heterocycles. The number of carbonyl (C=O) groups excluding carboxylic acids is 2. The van der Waals surface area contributed by atoms with Gasteiger partial charge in [0.2, 0.25) is 5.91 Å². The summed E-state index contributed by atoms with van der Waals surface area (Å²) in [7, 11) is 0. The summed E-state index contributed by atoms with van der Waals surface area (Å²) >= 11 is 0. The summed E-state index contributed by atoms with van der Waals surface area (Å²) in [5.74, 6) is 0.255. The van der Waals surface area contributed by atoms with E-state index in [9.17, 15) is 9.59 Å². The van der Waals surface area contributed by atoms with Gasteiger partial charge >= 0.3 is 0 Å². The molecule has 0 bridgehead atoms. The van der Waals surface area contributed by atoms with Gasteiger partial charge in [0, 0.05) is 61.4 Å². The van der Waals surface area contributed by atoms with Crippen molar-refractivity contribution in [2.45, 2.75) is 34.1 Å². The molecule has 6 heteroatoms. The lowest BCUT2D eigenvalue weighted by Gasteiger charge is -2.25. The first kappa shape index (κ1) is 20.4. The van der Waals surface area contributed by atoms with Crippen molar-refractivity contribution >= 4 is 22.7 Å². The van der Waals surface area contributed by atoms with Gasteiger partial charge in [0.05, 0.1) is 6.54 Å². The van der Waals surface area contributed by atoms with E-state index in [0.717, 1.165) is 61.3 Å². The number of aromatic nitrogens is 1. The van der Waals surface area contributed by atoms with Gasteiger partial charge < -0.3 is 14.8 Å². The Kier molecular flexibility index (Phi) is 6.39. The second-order valence-electron chi connectivity index (χ2n) is 7.62. The maximum atomic E-state index is 13.1. The molecule has 0 radical (unpaired) electrons. The number of H-pyrrole nitrogens is 1. The number of rotatable bonds is 5. The van der Waals surface area contributed by atoms with Gasteiger partial charge in [0.25, 0.3) is 5.91 Å². The summed E-state index contributed by atoms with van der Waals surface area (Å²) in [4.78, 5) is 34.8. The molecule has 1 saturated heterocycles. The number of hydrogen-bond acceptors (Lipinski definition) is 3. The number of benzene rings is 1. The van der Waals surface area contributed by atoms with Crippen LogP contribution in [0, 0.1) is 13.8 Å². The van der Waals surface area contributed by atoms with Crippen LogP contribution in [-0.4, -0.2) is 77.3 Å². The molecule has 2 amide bonds. The number of hydrogen-bond donors (Lipinski definition) is 1. The highest BCUT2D eigenvalue weighted by Crippen LogP contribution is 2.23. The molecule has 1 aromatic carbocycles. The molecule has 0 aliphatic carbocycles. The van der Waals surface area contributed by atoms with E-state index in [4.69, 9.17) is 0 Å². The van der Waals surface area contributed by atoms with Gasteiger partial charge in [-0.15, -0.1) is 0 Å². The highest BCUT2D eigenvalue weighted by molar-refractivity contribution is 5.99. The molecule has 0 spiro atoms. The number of fused-ring (bicyclic) bond motifs is 1. The number of nitrogens with zero attached hydrogens (tertiary/aromatic N) is 3. The summed E-state index contributed by atoms with van der Waals surface area (Å²) in [6, 6.07) is 5.91. The van der Waals surface area contributed by atoms with Gasteiger partial charge in [0.1, 0.15) is 0 Å². The van der Waals surface area contributed by atoms with E-state index in [2.05, 4.69) is 23.7 Å². The Labute approximate surface area is 167 Å². The summed E-state index contributed by atoms with van der Waals surface area (Å²) in [6.07, 6.45) is 0.891. The third-order valence-corrected chi connectivity index (χ3v) is 5.91. The topological polar surface area (TPSA) is 59.7 Å². The number of amides is 2. The predicted octanol–water partition coefficient (Wildman–Crippen LogP) is 2.80. The summed E-state index contributed by atoms with van der Waals surface area (Å²) < 4.78 is 0. The lowest BCUT2D eigenvalue weighted by atomic mass is 10.1. The van der Waals surface area contributed by atoms with Gasteiger partial charge in [-0.2, -0.15) is 0 Å². The molecule has 1 aliphatic rings. The van der Waals surface area contributed by atoms with Gasteiger partial charge in [-0.3, -0.25) is 14.5 Å². The Hall–Kier alpha value is -2.34. The van der Waals surface area contributed by atoms with Crippen LogP contribution < -0.4 is 0 Å². The highest BCUT2D eigenvalue weighted by atomic mass is 16.2. The lowest BCUT2D eigenvalue weighted by Crippen LogP contribution is -2.42. The minimum atomic E-state index is 0.0806. The highest BCUT2D eigenvalue weighted by Gasteiger charge is 2.23. The van der Waals surface area contributed by atoms with Crippen molar-refractivity contribution in [2.24, 2.45) is 0 Å². The zero-order valence-corrected chi connectivity index (χ0v) is 17.5. The van der Waals surface area contributed by atoms with Crippen LogP contribution in [0.3, 0.4) is 0 Å². The van der Waals surface area contributed by atoms with E-state index in [1.54, 1.807) is 0 Å². The van der Waals surface area contributed by atoms with Crippen molar-refractivity contribution in [3.8, 4) is 0 Å². The lowest BCUT2D eigenvalue weighted by molar-refractivity contribution is -0.132. The SMILES string of the molecule is CCN(CC)C(=O)CN1CCCN(C(=O)c2ccc3[nH]c(C)c(C)c3c2)CC1. The molecule has 1 aliphatic heterocycles. The van der Waals surface area contributed by atoms with Gasteiger partial charge in [0.15, 0.2) is 0 Å². The van der Waals surface area contributed by atoms with Crippen molar-refractivity contribution in [3.63, 3.8) is 0 Å². The summed E-state index contributed by atoms with van der Waals surface area (Å²) in [6.45, 7) is 13.1. The zero-order chi connectivity index (χ0) is 20.3. The second kappa shape index (κ2) is 8.78. The van der Waals surface area contributed by atoms with Crippen molar-refractivity contribution in [2.75, 3.05) is 45.8 Å². The zero-order valence-electron chi connectivity index (χ0n) is 17.5. The molecule has 1 fully saturated rings. The minimum absolute atomic E-state index is 0.0806. The Bertz CT molecular complexity index is 854. The molecule has 2 aromatic rings. The molecule has 1 N–H and O–H groups in total.